The number of ketones is 1. The van der Waals surface area contributed by atoms with E-state index in [2.05, 4.69) is 0 Å². The molecule has 2 atom stereocenters. The second kappa shape index (κ2) is 6.22. The van der Waals surface area contributed by atoms with Crippen molar-refractivity contribution in [2.45, 2.75) is 25.6 Å². The van der Waals surface area contributed by atoms with E-state index in [9.17, 15) is 29.9 Å². The van der Waals surface area contributed by atoms with Crippen LogP contribution in [0.5, 0.6) is 0 Å². The number of aliphatic hydroxyl groups excluding tert-OH is 2. The molecule has 0 saturated carbocycles. The van der Waals surface area contributed by atoms with Crippen molar-refractivity contribution in [3.63, 3.8) is 0 Å². The molecule has 1 aromatic carbocycles. The summed E-state index contributed by atoms with van der Waals surface area (Å²) in [7, 11) is 0. The van der Waals surface area contributed by atoms with Gasteiger partial charge in [0.25, 0.3) is 5.69 Å². The fraction of sp³-hybridized carbons (Fsp3) is 0.333. The molecule has 8 heteroatoms. The molecule has 0 aliphatic carbocycles. The Balaban J connectivity index is 3.20. The Kier molecular flexibility index (Phi) is 4.89. The first kappa shape index (κ1) is 15.7. The van der Waals surface area contributed by atoms with Gasteiger partial charge in [-0.15, -0.1) is 0 Å². The number of aliphatic hydroxyl groups is 2. The molecule has 1 aromatic rings. The number of nitrogens with zero attached hydrogens (tertiary/aromatic N) is 1. The van der Waals surface area contributed by atoms with Crippen LogP contribution in [0.2, 0.25) is 0 Å². The number of Topliss-reactive ketones (excluding diaryl/α,β-unsaturated/α-hetero) is 1. The van der Waals surface area contributed by atoms with Crippen molar-refractivity contribution in [2.24, 2.45) is 0 Å². The fourth-order valence-electron chi connectivity index (χ4n) is 1.67. The van der Waals surface area contributed by atoms with Crippen LogP contribution in [0.1, 0.15) is 35.4 Å². The average Bonchev–Trinajstić information content (AvgIpc) is 2.36. The average molecular weight is 283 g/mol. The second-order valence-corrected chi connectivity index (χ2v) is 4.20. The number of carbonyl (C=O) groups excluding carboxylic acids is 1. The van der Waals surface area contributed by atoms with Crippen LogP contribution in [0, 0.1) is 10.1 Å². The molecule has 8 nitrogen and oxygen atoms in total. The molecule has 1 rings (SSSR count). The lowest BCUT2D eigenvalue weighted by Crippen LogP contribution is -2.22. The summed E-state index contributed by atoms with van der Waals surface area (Å²) < 4.78 is 0. The topological polar surface area (TPSA) is 138 Å². The Hall–Kier alpha value is -2.32. The maximum Gasteiger partial charge on any atom is 0.306 e. The fourth-order valence-corrected chi connectivity index (χ4v) is 1.67. The molecule has 20 heavy (non-hydrogen) atoms. The van der Waals surface area contributed by atoms with Crippen molar-refractivity contribution in [3.8, 4) is 0 Å². The summed E-state index contributed by atoms with van der Waals surface area (Å²) in [6, 6.07) is 3.38. The van der Waals surface area contributed by atoms with Gasteiger partial charge in [-0.25, -0.2) is 0 Å². The molecule has 0 aliphatic rings. The van der Waals surface area contributed by atoms with Gasteiger partial charge in [-0.2, -0.15) is 0 Å². The van der Waals surface area contributed by atoms with Crippen molar-refractivity contribution in [1.29, 1.82) is 0 Å². The molecule has 2 unspecified atom stereocenters. The summed E-state index contributed by atoms with van der Waals surface area (Å²) in [6.45, 7) is 1.23. The summed E-state index contributed by atoms with van der Waals surface area (Å²) in [6.07, 6.45) is -4.17. The first-order valence-electron chi connectivity index (χ1n) is 5.61. The number of rotatable bonds is 6. The van der Waals surface area contributed by atoms with Gasteiger partial charge >= 0.3 is 5.97 Å². The molecule has 0 aliphatic heterocycles. The van der Waals surface area contributed by atoms with Crippen LogP contribution in [0.15, 0.2) is 18.2 Å². The number of nitro benzene ring substituents is 1. The monoisotopic (exact) mass is 283 g/mol. The first-order chi connectivity index (χ1) is 9.23. The van der Waals surface area contributed by atoms with E-state index in [1.54, 1.807) is 0 Å². The van der Waals surface area contributed by atoms with E-state index in [0.29, 0.717) is 0 Å². The summed E-state index contributed by atoms with van der Waals surface area (Å²) in [4.78, 5) is 31.8. The lowest BCUT2D eigenvalue weighted by atomic mass is 9.98. The summed E-state index contributed by atoms with van der Waals surface area (Å²) >= 11 is 0. The number of hydrogen-bond acceptors (Lipinski definition) is 6. The molecule has 0 fully saturated rings. The largest absolute Gasteiger partial charge is 0.481 e. The highest BCUT2D eigenvalue weighted by atomic mass is 16.6. The number of carboxylic acids is 1. The predicted octanol–water partition coefficient (Wildman–Crippen LogP) is 0.666. The number of aliphatic carboxylic acids is 1. The van der Waals surface area contributed by atoms with Crippen LogP contribution in [0.4, 0.5) is 5.69 Å². The molecule has 0 spiro atoms. The molecule has 0 heterocycles. The van der Waals surface area contributed by atoms with E-state index in [4.69, 9.17) is 5.11 Å². The van der Waals surface area contributed by atoms with Crippen molar-refractivity contribution in [2.75, 3.05) is 0 Å². The number of carboxylic acid groups (broad SMARTS) is 1. The van der Waals surface area contributed by atoms with Gasteiger partial charge < -0.3 is 15.3 Å². The second-order valence-electron chi connectivity index (χ2n) is 4.20. The SMILES string of the molecule is CC(=O)c1ccc(C(O)C(O)CC(=O)O)c([N+](=O)[O-])c1. The van der Waals surface area contributed by atoms with Crippen molar-refractivity contribution >= 4 is 17.4 Å². The first-order valence-corrected chi connectivity index (χ1v) is 5.61. The zero-order valence-electron chi connectivity index (χ0n) is 10.5. The third-order valence-corrected chi connectivity index (χ3v) is 2.70. The lowest BCUT2D eigenvalue weighted by Gasteiger charge is -2.16. The highest BCUT2D eigenvalue weighted by Gasteiger charge is 2.28. The quantitative estimate of drug-likeness (QED) is 0.396. The van der Waals surface area contributed by atoms with Crippen LogP contribution in [0.3, 0.4) is 0 Å². The predicted molar refractivity (Wildman–Crippen MR) is 66.3 cm³/mol. The Labute approximate surface area is 113 Å². The Morgan fingerprint density at radius 2 is 1.95 bits per heavy atom. The van der Waals surface area contributed by atoms with E-state index in [-0.39, 0.29) is 16.9 Å². The highest BCUT2D eigenvalue weighted by Crippen LogP contribution is 2.29. The van der Waals surface area contributed by atoms with Crippen LogP contribution < -0.4 is 0 Å². The number of carbonyl (C=O) groups is 2. The highest BCUT2D eigenvalue weighted by molar-refractivity contribution is 5.94. The van der Waals surface area contributed by atoms with Crippen LogP contribution in [-0.2, 0) is 4.79 Å². The van der Waals surface area contributed by atoms with E-state index >= 15 is 0 Å². The van der Waals surface area contributed by atoms with Gasteiger partial charge in [-0.1, -0.05) is 6.07 Å². The van der Waals surface area contributed by atoms with Gasteiger partial charge in [0.15, 0.2) is 5.78 Å². The molecule has 0 saturated heterocycles. The minimum Gasteiger partial charge on any atom is -0.481 e. The minimum atomic E-state index is -1.73. The molecule has 0 radical (unpaired) electrons. The van der Waals surface area contributed by atoms with E-state index in [1.165, 1.54) is 13.0 Å². The number of nitro groups is 1. The lowest BCUT2D eigenvalue weighted by molar-refractivity contribution is -0.386. The summed E-state index contributed by atoms with van der Waals surface area (Å²) in [5.74, 6) is -1.74. The van der Waals surface area contributed by atoms with Crippen molar-refractivity contribution < 1.29 is 29.8 Å². The maximum absolute atomic E-state index is 11.2. The number of hydrogen-bond donors (Lipinski definition) is 3. The van der Waals surface area contributed by atoms with Crippen LogP contribution in [-0.4, -0.2) is 38.1 Å². The van der Waals surface area contributed by atoms with Gasteiger partial charge in [0.2, 0.25) is 0 Å². The molecule has 0 amide bonds. The third kappa shape index (κ3) is 3.59. The normalized spacial score (nSPS) is 13.6. The Morgan fingerprint density at radius 3 is 2.40 bits per heavy atom. The van der Waals surface area contributed by atoms with Gasteiger partial charge in [0.1, 0.15) is 6.10 Å². The summed E-state index contributed by atoms with van der Waals surface area (Å²) in [5.41, 5.74) is -0.705. The van der Waals surface area contributed by atoms with Gasteiger partial charge in [-0.05, 0) is 13.0 Å². The minimum absolute atomic E-state index is 0.0837. The standard InChI is InChI=1S/C12H13NO7/c1-6(14)7-2-3-8(9(4-7)13(19)20)12(18)10(15)5-11(16)17/h2-4,10,12,15,18H,5H2,1H3,(H,16,17). The zero-order chi connectivity index (χ0) is 15.4. The third-order valence-electron chi connectivity index (χ3n) is 2.70. The number of benzene rings is 1. The van der Waals surface area contributed by atoms with Gasteiger partial charge in [0.05, 0.1) is 23.0 Å². The van der Waals surface area contributed by atoms with Gasteiger partial charge in [-0.3, -0.25) is 19.7 Å². The van der Waals surface area contributed by atoms with Gasteiger partial charge in [0, 0.05) is 11.6 Å². The molecule has 0 bridgehead atoms. The van der Waals surface area contributed by atoms with E-state index < -0.39 is 35.2 Å². The smallest absolute Gasteiger partial charge is 0.306 e. The van der Waals surface area contributed by atoms with Crippen molar-refractivity contribution in [1.82, 2.24) is 0 Å². The molecule has 0 aromatic heterocycles. The molecule has 3 N–H and O–H groups in total. The van der Waals surface area contributed by atoms with Crippen molar-refractivity contribution in [3.05, 3.63) is 39.4 Å². The van der Waals surface area contributed by atoms with E-state index in [1.807, 2.05) is 0 Å². The summed E-state index contributed by atoms with van der Waals surface area (Å²) in [5, 5.41) is 38.8. The van der Waals surface area contributed by atoms with Crippen LogP contribution in [0.25, 0.3) is 0 Å². The Morgan fingerprint density at radius 1 is 1.35 bits per heavy atom. The molecule has 108 valence electrons. The zero-order valence-corrected chi connectivity index (χ0v) is 10.5. The van der Waals surface area contributed by atoms with Crippen LogP contribution >= 0.6 is 0 Å². The molecular weight excluding hydrogens is 270 g/mol. The molecular formula is C12H13NO7. The Bertz CT molecular complexity index is 555. The van der Waals surface area contributed by atoms with E-state index in [0.717, 1.165) is 12.1 Å². The maximum atomic E-state index is 11.2.